The number of thiazole rings is 1. The number of nitrogens with zero attached hydrogens (tertiary/aromatic N) is 3. The maximum atomic E-state index is 12.1. The number of nitriles is 1. The van der Waals surface area contributed by atoms with Crippen molar-refractivity contribution in [2.45, 2.75) is 12.8 Å². The minimum absolute atomic E-state index is 0.232. The molecule has 0 aliphatic carbocycles. The molecule has 0 bridgehead atoms. The Balaban J connectivity index is 2.32. The molecule has 1 atom stereocenters. The largest absolute Gasteiger partial charge is 0.292 e. The molecular formula is C12H9N3OS. The summed E-state index contributed by atoms with van der Waals surface area (Å²) in [6.07, 6.45) is 3.07. The van der Waals surface area contributed by atoms with Crippen molar-refractivity contribution >= 4 is 17.1 Å². The number of carbonyl (C=O) groups is 1. The number of hydrogen-bond acceptors (Lipinski definition) is 5. The Bertz CT molecular complexity index is 571. The van der Waals surface area contributed by atoms with Gasteiger partial charge in [0.05, 0.1) is 6.07 Å². The fourth-order valence-electron chi connectivity index (χ4n) is 1.41. The lowest BCUT2D eigenvalue weighted by molar-refractivity contribution is 0.0978. The number of hydrogen-bond donors (Lipinski definition) is 0. The molecule has 5 heteroatoms. The van der Waals surface area contributed by atoms with Gasteiger partial charge in [0.2, 0.25) is 0 Å². The number of carbonyl (C=O) groups excluding carboxylic acids is 1. The Morgan fingerprint density at radius 3 is 2.71 bits per heavy atom. The van der Waals surface area contributed by atoms with Gasteiger partial charge in [-0.25, -0.2) is 4.98 Å². The molecule has 2 aromatic rings. The topological polar surface area (TPSA) is 66.6 Å². The van der Waals surface area contributed by atoms with E-state index in [0.29, 0.717) is 10.6 Å². The van der Waals surface area contributed by atoms with Gasteiger partial charge in [0.25, 0.3) is 0 Å². The lowest BCUT2D eigenvalue weighted by Crippen LogP contribution is -2.11. The molecule has 17 heavy (non-hydrogen) atoms. The minimum Gasteiger partial charge on any atom is -0.292 e. The molecule has 2 rings (SSSR count). The first kappa shape index (κ1) is 11.4. The standard InChI is InChI=1S/C12H9N3OS/c1-8-7-17-12(15-8)10(6-13)11(16)9-2-4-14-5-3-9/h2-5,7,10H,1H3/t10-/m0/s1. The quantitative estimate of drug-likeness (QED) is 0.776. The molecule has 0 amide bonds. The van der Waals surface area contributed by atoms with Crippen LogP contribution in [0, 0.1) is 18.3 Å². The molecule has 0 aliphatic rings. The normalized spacial score (nSPS) is 11.8. The summed E-state index contributed by atoms with van der Waals surface area (Å²) in [5.41, 5.74) is 1.31. The molecule has 0 saturated carbocycles. The smallest absolute Gasteiger partial charge is 0.187 e. The summed E-state index contributed by atoms with van der Waals surface area (Å²) >= 11 is 1.34. The van der Waals surface area contributed by atoms with Crippen molar-refractivity contribution in [3.63, 3.8) is 0 Å². The predicted octanol–water partition coefficient (Wildman–Crippen LogP) is 2.34. The summed E-state index contributed by atoms with van der Waals surface area (Å²) in [4.78, 5) is 20.1. The van der Waals surface area contributed by atoms with Crippen LogP contribution in [0.3, 0.4) is 0 Å². The van der Waals surface area contributed by atoms with E-state index in [1.165, 1.54) is 23.7 Å². The lowest BCUT2D eigenvalue weighted by atomic mass is 10.0. The maximum Gasteiger partial charge on any atom is 0.187 e. The number of ketones is 1. The molecule has 0 saturated heterocycles. The Hall–Kier alpha value is -2.06. The van der Waals surface area contributed by atoms with Gasteiger partial charge >= 0.3 is 0 Å². The summed E-state index contributed by atoms with van der Waals surface area (Å²) in [6.45, 7) is 1.84. The van der Waals surface area contributed by atoms with E-state index in [4.69, 9.17) is 5.26 Å². The molecule has 2 heterocycles. The highest BCUT2D eigenvalue weighted by molar-refractivity contribution is 7.10. The van der Waals surface area contributed by atoms with Gasteiger partial charge in [-0.05, 0) is 19.1 Å². The first-order chi connectivity index (χ1) is 8.22. The average Bonchev–Trinajstić information content (AvgIpc) is 2.78. The molecule has 0 aliphatic heterocycles. The fourth-order valence-corrected chi connectivity index (χ4v) is 2.25. The van der Waals surface area contributed by atoms with Gasteiger partial charge in [-0.1, -0.05) is 0 Å². The van der Waals surface area contributed by atoms with E-state index >= 15 is 0 Å². The van der Waals surface area contributed by atoms with Crippen LogP contribution in [0.1, 0.15) is 27.0 Å². The van der Waals surface area contributed by atoms with E-state index in [1.807, 2.05) is 18.4 Å². The van der Waals surface area contributed by atoms with Gasteiger partial charge in [0.1, 0.15) is 5.01 Å². The molecule has 84 valence electrons. The van der Waals surface area contributed by atoms with Crippen molar-refractivity contribution in [3.8, 4) is 6.07 Å². The van der Waals surface area contributed by atoms with Crippen LogP contribution in [0.25, 0.3) is 0 Å². The lowest BCUT2D eigenvalue weighted by Gasteiger charge is -2.04. The molecule has 0 aromatic carbocycles. The average molecular weight is 243 g/mol. The van der Waals surface area contributed by atoms with Crippen molar-refractivity contribution in [2.24, 2.45) is 0 Å². The summed E-state index contributed by atoms with van der Waals surface area (Å²) in [6, 6.07) is 5.22. The number of aromatic nitrogens is 2. The third kappa shape index (κ3) is 2.37. The van der Waals surface area contributed by atoms with E-state index in [2.05, 4.69) is 9.97 Å². The summed E-state index contributed by atoms with van der Waals surface area (Å²) < 4.78 is 0. The highest BCUT2D eigenvalue weighted by Crippen LogP contribution is 2.23. The van der Waals surface area contributed by atoms with E-state index in [1.54, 1.807) is 12.1 Å². The summed E-state index contributed by atoms with van der Waals surface area (Å²) in [7, 11) is 0. The molecular weight excluding hydrogens is 234 g/mol. The molecule has 4 nitrogen and oxygen atoms in total. The predicted molar refractivity (Wildman–Crippen MR) is 63.8 cm³/mol. The van der Waals surface area contributed by atoms with Gasteiger partial charge in [0.15, 0.2) is 11.7 Å². The summed E-state index contributed by atoms with van der Waals surface area (Å²) in [5.74, 6) is -1.06. The Labute approximate surface area is 103 Å². The van der Waals surface area contributed by atoms with Gasteiger partial charge in [-0.2, -0.15) is 5.26 Å². The second-order valence-electron chi connectivity index (χ2n) is 3.49. The van der Waals surface area contributed by atoms with Crippen molar-refractivity contribution in [1.82, 2.24) is 9.97 Å². The van der Waals surface area contributed by atoms with Crippen molar-refractivity contribution in [2.75, 3.05) is 0 Å². The third-order valence-electron chi connectivity index (χ3n) is 2.24. The first-order valence-electron chi connectivity index (χ1n) is 4.98. The van der Waals surface area contributed by atoms with Crippen LogP contribution in [0.5, 0.6) is 0 Å². The SMILES string of the molecule is Cc1csc([C@@H](C#N)C(=O)c2ccncc2)n1. The van der Waals surface area contributed by atoms with Crippen molar-refractivity contribution in [3.05, 3.63) is 46.2 Å². The molecule has 0 N–H and O–H groups in total. The zero-order chi connectivity index (χ0) is 12.3. The van der Waals surface area contributed by atoms with Crippen LogP contribution in [0.4, 0.5) is 0 Å². The molecule has 0 radical (unpaired) electrons. The zero-order valence-electron chi connectivity index (χ0n) is 9.12. The van der Waals surface area contributed by atoms with E-state index in [9.17, 15) is 4.79 Å². The maximum absolute atomic E-state index is 12.1. The second-order valence-corrected chi connectivity index (χ2v) is 4.38. The van der Waals surface area contributed by atoms with E-state index in [-0.39, 0.29) is 5.78 Å². The van der Waals surface area contributed by atoms with E-state index in [0.717, 1.165) is 5.69 Å². The Kier molecular flexibility index (Phi) is 3.26. The van der Waals surface area contributed by atoms with Crippen molar-refractivity contribution < 1.29 is 4.79 Å². The second kappa shape index (κ2) is 4.85. The van der Waals surface area contributed by atoms with Crippen LogP contribution >= 0.6 is 11.3 Å². The van der Waals surface area contributed by atoms with Crippen LogP contribution in [0.2, 0.25) is 0 Å². The molecule has 0 unspecified atom stereocenters. The number of rotatable bonds is 3. The van der Waals surface area contributed by atoms with Crippen LogP contribution in [-0.4, -0.2) is 15.8 Å². The number of aryl methyl sites for hydroxylation is 1. The van der Waals surface area contributed by atoms with Gasteiger partial charge in [0, 0.05) is 29.0 Å². The Morgan fingerprint density at radius 1 is 1.47 bits per heavy atom. The third-order valence-corrected chi connectivity index (χ3v) is 3.27. The number of pyridine rings is 1. The summed E-state index contributed by atoms with van der Waals surface area (Å²) in [5, 5.41) is 11.5. The highest BCUT2D eigenvalue weighted by Gasteiger charge is 2.24. The zero-order valence-corrected chi connectivity index (χ0v) is 9.94. The van der Waals surface area contributed by atoms with Crippen molar-refractivity contribution in [1.29, 1.82) is 5.26 Å². The monoisotopic (exact) mass is 243 g/mol. The van der Waals surface area contributed by atoms with Gasteiger partial charge in [-0.3, -0.25) is 9.78 Å². The molecule has 0 spiro atoms. The van der Waals surface area contributed by atoms with E-state index < -0.39 is 5.92 Å². The van der Waals surface area contributed by atoms with Crippen LogP contribution < -0.4 is 0 Å². The molecule has 2 aromatic heterocycles. The van der Waals surface area contributed by atoms with Crippen LogP contribution in [-0.2, 0) is 0 Å². The Morgan fingerprint density at radius 2 is 2.18 bits per heavy atom. The van der Waals surface area contributed by atoms with Crippen LogP contribution in [0.15, 0.2) is 29.9 Å². The fraction of sp³-hybridized carbons (Fsp3) is 0.167. The minimum atomic E-state index is -0.823. The number of Topliss-reactive ketones (excluding diaryl/α,β-unsaturated/α-hetero) is 1. The molecule has 0 fully saturated rings. The van der Waals surface area contributed by atoms with Gasteiger partial charge in [-0.15, -0.1) is 11.3 Å². The first-order valence-corrected chi connectivity index (χ1v) is 5.86. The highest BCUT2D eigenvalue weighted by atomic mass is 32.1. The van der Waals surface area contributed by atoms with Gasteiger partial charge < -0.3 is 0 Å².